The monoisotopic (exact) mass is 460 g/mol. The molecule has 0 aromatic heterocycles. The zero-order chi connectivity index (χ0) is 22.3. The smallest absolute Gasteiger partial charge is 0.270 e. The first-order valence-corrected chi connectivity index (χ1v) is 10.9. The number of nitrogens with zero attached hydrogens (tertiary/aromatic N) is 1. The van der Waals surface area contributed by atoms with Crippen LogP contribution in [0.25, 0.3) is 5.57 Å². The fraction of sp³-hybridized carbons (Fsp3) is 0.0455. The molecule has 0 unspecified atom stereocenters. The lowest BCUT2D eigenvalue weighted by Crippen LogP contribution is -2.37. The summed E-state index contributed by atoms with van der Waals surface area (Å²) in [6, 6.07) is 15.7. The third-order valence-electron chi connectivity index (χ3n) is 4.86. The van der Waals surface area contributed by atoms with Gasteiger partial charge in [-0.1, -0.05) is 41.9 Å². The number of fused-ring (bicyclic) bond motifs is 1. The summed E-state index contributed by atoms with van der Waals surface area (Å²) >= 11 is 6.16. The summed E-state index contributed by atoms with van der Waals surface area (Å²) in [7, 11) is -2.99. The lowest BCUT2D eigenvalue weighted by molar-refractivity contribution is -0.112. The molecule has 1 aliphatic rings. The Morgan fingerprint density at radius 3 is 2.39 bits per heavy atom. The van der Waals surface area contributed by atoms with Crippen LogP contribution < -0.4 is 9.62 Å². The maximum atomic E-state index is 14.1. The van der Waals surface area contributed by atoms with E-state index in [1.165, 1.54) is 7.05 Å². The minimum absolute atomic E-state index is 0.135. The first-order chi connectivity index (χ1) is 14.7. The molecule has 0 bridgehead atoms. The number of hydrogen-bond donors (Lipinski definition) is 1. The van der Waals surface area contributed by atoms with Crippen molar-refractivity contribution in [2.75, 3.05) is 16.7 Å². The molecule has 0 saturated heterocycles. The van der Waals surface area contributed by atoms with Crippen molar-refractivity contribution in [2.24, 2.45) is 0 Å². The zero-order valence-electron chi connectivity index (χ0n) is 16.1. The molecule has 0 fully saturated rings. The molecule has 0 atom stereocenters. The van der Waals surface area contributed by atoms with Gasteiger partial charge in [-0.2, -0.15) is 0 Å². The maximum absolute atomic E-state index is 14.1. The van der Waals surface area contributed by atoms with E-state index < -0.39 is 32.5 Å². The van der Waals surface area contributed by atoms with Gasteiger partial charge in [0.05, 0.1) is 11.4 Å². The molecule has 4 rings (SSSR count). The highest BCUT2D eigenvalue weighted by atomic mass is 35.5. The molecule has 1 heterocycles. The number of sulfonamides is 1. The molecule has 0 saturated carbocycles. The summed E-state index contributed by atoms with van der Waals surface area (Å²) in [6.07, 6.45) is 0. The summed E-state index contributed by atoms with van der Waals surface area (Å²) in [6.45, 7) is 0. The minimum atomic E-state index is -4.30. The third-order valence-corrected chi connectivity index (χ3v) is 6.92. The lowest BCUT2D eigenvalue weighted by Gasteiger charge is -2.31. The summed E-state index contributed by atoms with van der Waals surface area (Å²) in [5, 5.41) is 2.60. The van der Waals surface area contributed by atoms with Gasteiger partial charge >= 0.3 is 0 Å². The Labute approximate surface area is 182 Å². The normalized spacial score (nSPS) is 14.9. The van der Waals surface area contributed by atoms with Crippen LogP contribution in [0.5, 0.6) is 0 Å². The second-order valence-corrected chi connectivity index (χ2v) is 9.12. The molecule has 3 aromatic rings. The standard InChI is InChI=1S/C22H15ClF2N2O3S/c1-27-19-10-7-14(23)11-16(19)20(13-5-3-2-4-6-13)21(31(27,29)30)22(28)26-18-9-8-15(24)12-17(18)25/h2-12H,1H3,(H,26,28). The molecule has 1 amide bonds. The molecule has 0 aliphatic carbocycles. The molecule has 1 N–H and O–H groups in total. The Balaban J connectivity index is 1.98. The quantitative estimate of drug-likeness (QED) is 0.610. The van der Waals surface area contributed by atoms with Gasteiger partial charge in [0.25, 0.3) is 15.9 Å². The highest BCUT2D eigenvalue weighted by Crippen LogP contribution is 2.43. The molecular weight excluding hydrogens is 446 g/mol. The van der Waals surface area contributed by atoms with Crippen molar-refractivity contribution >= 4 is 44.5 Å². The second kappa shape index (κ2) is 7.79. The van der Waals surface area contributed by atoms with Crippen molar-refractivity contribution in [3.8, 4) is 0 Å². The number of nitrogens with one attached hydrogen (secondary N) is 1. The zero-order valence-corrected chi connectivity index (χ0v) is 17.6. The number of carbonyl (C=O) groups excluding carboxylic acids is 1. The average molecular weight is 461 g/mol. The van der Waals surface area contributed by atoms with Gasteiger partial charge < -0.3 is 5.32 Å². The summed E-state index contributed by atoms with van der Waals surface area (Å²) in [4.78, 5) is 12.6. The van der Waals surface area contributed by atoms with E-state index in [1.54, 1.807) is 48.5 Å². The first-order valence-electron chi connectivity index (χ1n) is 9.05. The van der Waals surface area contributed by atoms with Gasteiger partial charge in [-0.05, 0) is 35.9 Å². The molecule has 9 heteroatoms. The molecule has 31 heavy (non-hydrogen) atoms. The number of amides is 1. The summed E-state index contributed by atoms with van der Waals surface area (Å²) < 4.78 is 55.0. The minimum Gasteiger partial charge on any atom is -0.319 e. The SMILES string of the molecule is CN1c2ccc(Cl)cc2C(c2ccccc2)=C(C(=O)Nc2ccc(F)cc2F)S1(=O)=O. The Morgan fingerprint density at radius 2 is 1.71 bits per heavy atom. The van der Waals surface area contributed by atoms with Crippen molar-refractivity contribution in [2.45, 2.75) is 0 Å². The van der Waals surface area contributed by atoms with Crippen LogP contribution in [0, 0.1) is 11.6 Å². The molecular formula is C22H15ClF2N2O3S. The van der Waals surface area contributed by atoms with Gasteiger partial charge in [-0.15, -0.1) is 0 Å². The van der Waals surface area contributed by atoms with Crippen LogP contribution in [0.2, 0.25) is 5.02 Å². The number of carbonyl (C=O) groups is 1. The van der Waals surface area contributed by atoms with Crippen molar-refractivity contribution in [3.05, 3.63) is 99.4 Å². The molecule has 1 aliphatic heterocycles. The van der Waals surface area contributed by atoms with E-state index in [1.807, 2.05) is 0 Å². The Kier molecular flexibility index (Phi) is 5.28. The van der Waals surface area contributed by atoms with Crippen LogP contribution in [-0.4, -0.2) is 21.4 Å². The maximum Gasteiger partial charge on any atom is 0.270 e. The van der Waals surface area contributed by atoms with Crippen LogP contribution in [0.15, 0.2) is 71.6 Å². The van der Waals surface area contributed by atoms with Crippen LogP contribution in [0.4, 0.5) is 20.2 Å². The highest BCUT2D eigenvalue weighted by molar-refractivity contribution is 7.97. The van der Waals surface area contributed by atoms with E-state index in [-0.39, 0.29) is 11.3 Å². The summed E-state index contributed by atoms with van der Waals surface area (Å²) in [5.74, 6) is -2.91. The number of hydrogen-bond acceptors (Lipinski definition) is 3. The molecule has 0 spiro atoms. The predicted octanol–water partition coefficient (Wildman–Crippen LogP) is 4.80. The van der Waals surface area contributed by atoms with Crippen molar-refractivity contribution < 1.29 is 22.0 Å². The summed E-state index contributed by atoms with van der Waals surface area (Å²) in [5.41, 5.74) is 1.03. The van der Waals surface area contributed by atoms with Crippen molar-refractivity contribution in [3.63, 3.8) is 0 Å². The predicted molar refractivity (Wildman–Crippen MR) is 116 cm³/mol. The van der Waals surface area contributed by atoms with Gasteiger partial charge in [-0.25, -0.2) is 17.2 Å². The van der Waals surface area contributed by atoms with Crippen LogP contribution in [0.1, 0.15) is 11.1 Å². The Bertz CT molecular complexity index is 1340. The van der Waals surface area contributed by atoms with Gasteiger partial charge in [0.2, 0.25) is 0 Å². The van der Waals surface area contributed by atoms with Gasteiger partial charge in [0.15, 0.2) is 4.91 Å². The third kappa shape index (κ3) is 3.68. The first kappa shape index (κ1) is 21.0. The number of rotatable bonds is 3. The van der Waals surface area contributed by atoms with Gasteiger partial charge in [0, 0.05) is 29.3 Å². The van der Waals surface area contributed by atoms with E-state index in [9.17, 15) is 22.0 Å². The van der Waals surface area contributed by atoms with E-state index in [2.05, 4.69) is 5.32 Å². The Morgan fingerprint density at radius 1 is 1.00 bits per heavy atom. The topological polar surface area (TPSA) is 66.5 Å². The number of benzene rings is 3. The van der Waals surface area contributed by atoms with E-state index in [4.69, 9.17) is 11.6 Å². The molecule has 158 valence electrons. The second-order valence-electron chi connectivity index (χ2n) is 6.78. The van der Waals surface area contributed by atoms with Crippen molar-refractivity contribution in [1.82, 2.24) is 0 Å². The van der Waals surface area contributed by atoms with E-state index in [0.717, 1.165) is 16.4 Å². The fourth-order valence-corrected chi connectivity index (χ4v) is 5.03. The van der Waals surface area contributed by atoms with Gasteiger partial charge in [-0.3, -0.25) is 9.10 Å². The highest BCUT2D eigenvalue weighted by Gasteiger charge is 2.40. The fourth-order valence-electron chi connectivity index (χ4n) is 3.39. The number of halogens is 3. The van der Waals surface area contributed by atoms with Crippen molar-refractivity contribution in [1.29, 1.82) is 0 Å². The molecule has 0 radical (unpaired) electrons. The Hall–Kier alpha value is -3.23. The van der Waals surface area contributed by atoms with Crippen LogP contribution in [-0.2, 0) is 14.8 Å². The average Bonchev–Trinajstić information content (AvgIpc) is 2.73. The molecule has 5 nitrogen and oxygen atoms in total. The lowest BCUT2D eigenvalue weighted by atomic mass is 9.95. The number of anilines is 2. The largest absolute Gasteiger partial charge is 0.319 e. The molecule has 3 aromatic carbocycles. The van der Waals surface area contributed by atoms with Crippen LogP contribution >= 0.6 is 11.6 Å². The van der Waals surface area contributed by atoms with E-state index >= 15 is 0 Å². The van der Waals surface area contributed by atoms with Crippen LogP contribution in [0.3, 0.4) is 0 Å². The van der Waals surface area contributed by atoms with Gasteiger partial charge in [0.1, 0.15) is 11.6 Å². The van der Waals surface area contributed by atoms with E-state index in [0.29, 0.717) is 27.9 Å².